The molecule has 3 aromatic rings. The van der Waals surface area contributed by atoms with E-state index in [1.807, 2.05) is 64.3 Å². The summed E-state index contributed by atoms with van der Waals surface area (Å²) in [6, 6.07) is 19.5. The summed E-state index contributed by atoms with van der Waals surface area (Å²) in [5.41, 5.74) is 2.84. The number of carbonyl (C=O) groups is 2. The number of likely N-dealkylation sites (tertiary alicyclic amines) is 1. The lowest BCUT2D eigenvalue weighted by Crippen LogP contribution is -2.39. The van der Waals surface area contributed by atoms with Gasteiger partial charge in [0.1, 0.15) is 0 Å². The maximum Gasteiger partial charge on any atom is 0.246 e. The molecule has 152 valence electrons. The fraction of sp³-hybridized carbons (Fsp3) is 0.240. The highest BCUT2D eigenvalue weighted by molar-refractivity contribution is 5.98. The molecule has 0 radical (unpaired) electrons. The number of piperidine rings is 1. The van der Waals surface area contributed by atoms with Crippen LogP contribution in [0.15, 0.2) is 79.1 Å². The molecular weight excluding hydrogens is 374 g/mol. The average Bonchev–Trinajstić information content (AvgIpc) is 3.25. The second-order valence-corrected chi connectivity index (χ2v) is 7.62. The Morgan fingerprint density at radius 1 is 0.967 bits per heavy atom. The highest BCUT2D eigenvalue weighted by Crippen LogP contribution is 2.22. The van der Waals surface area contributed by atoms with Gasteiger partial charge in [0.15, 0.2) is 5.78 Å². The summed E-state index contributed by atoms with van der Waals surface area (Å²) in [6.07, 6.45) is 8.52. The van der Waals surface area contributed by atoms with E-state index in [1.54, 1.807) is 18.3 Å². The summed E-state index contributed by atoms with van der Waals surface area (Å²) in [5.74, 6) is 0.164. The standard InChI is InChI=1S/C25H25N3O2/c29-24(12-11-21-17-26-28(19-21)18-20-7-3-1-4-8-20)27-15-13-23(14-16-27)25(30)22-9-5-2-6-10-22/h1-12,17,19,23H,13-16,18H2/b12-11+. The van der Waals surface area contributed by atoms with Gasteiger partial charge in [0.05, 0.1) is 12.7 Å². The lowest BCUT2D eigenvalue weighted by molar-refractivity contribution is -0.127. The first-order chi connectivity index (χ1) is 14.7. The van der Waals surface area contributed by atoms with E-state index in [-0.39, 0.29) is 17.6 Å². The Morgan fingerprint density at radius 3 is 2.33 bits per heavy atom. The van der Waals surface area contributed by atoms with Crippen LogP contribution in [0.3, 0.4) is 0 Å². The molecule has 30 heavy (non-hydrogen) atoms. The first kappa shape index (κ1) is 19.8. The molecule has 0 aliphatic carbocycles. The highest BCUT2D eigenvalue weighted by atomic mass is 16.2. The van der Waals surface area contributed by atoms with Gasteiger partial charge >= 0.3 is 0 Å². The largest absolute Gasteiger partial charge is 0.339 e. The van der Waals surface area contributed by atoms with E-state index in [0.29, 0.717) is 32.5 Å². The monoisotopic (exact) mass is 399 g/mol. The van der Waals surface area contributed by atoms with Crippen LogP contribution in [0.25, 0.3) is 6.08 Å². The molecule has 0 unspecified atom stereocenters. The minimum atomic E-state index is -0.0172. The Labute approximate surface area is 176 Å². The molecule has 2 aromatic carbocycles. The van der Waals surface area contributed by atoms with Gasteiger partial charge in [-0.1, -0.05) is 60.7 Å². The van der Waals surface area contributed by atoms with Crippen LogP contribution in [0.2, 0.25) is 0 Å². The second-order valence-electron chi connectivity index (χ2n) is 7.62. The van der Waals surface area contributed by atoms with Crippen molar-refractivity contribution in [3.05, 3.63) is 95.8 Å². The molecule has 5 nitrogen and oxygen atoms in total. The number of ketones is 1. The quantitative estimate of drug-likeness (QED) is 0.464. The zero-order chi connectivity index (χ0) is 20.8. The summed E-state index contributed by atoms with van der Waals surface area (Å²) >= 11 is 0. The van der Waals surface area contributed by atoms with Crippen LogP contribution in [0.4, 0.5) is 0 Å². The van der Waals surface area contributed by atoms with Gasteiger partial charge in [-0.15, -0.1) is 0 Å². The van der Waals surface area contributed by atoms with Gasteiger partial charge in [-0.2, -0.15) is 5.10 Å². The topological polar surface area (TPSA) is 55.2 Å². The molecule has 1 aromatic heterocycles. The van der Waals surface area contributed by atoms with Crippen LogP contribution in [-0.4, -0.2) is 39.5 Å². The fourth-order valence-electron chi connectivity index (χ4n) is 3.80. The van der Waals surface area contributed by atoms with E-state index < -0.39 is 0 Å². The first-order valence-corrected chi connectivity index (χ1v) is 10.3. The normalized spacial score (nSPS) is 14.9. The predicted octanol–water partition coefficient (Wildman–Crippen LogP) is 4.07. The Balaban J connectivity index is 1.29. The van der Waals surface area contributed by atoms with Crippen LogP contribution in [0.1, 0.15) is 34.3 Å². The third-order valence-corrected chi connectivity index (χ3v) is 5.49. The molecule has 0 spiro atoms. The lowest BCUT2D eigenvalue weighted by Gasteiger charge is -2.30. The van der Waals surface area contributed by atoms with Crippen molar-refractivity contribution in [3.8, 4) is 0 Å². The van der Waals surface area contributed by atoms with E-state index >= 15 is 0 Å². The minimum Gasteiger partial charge on any atom is -0.339 e. The van der Waals surface area contributed by atoms with Crippen molar-refractivity contribution < 1.29 is 9.59 Å². The summed E-state index contributed by atoms with van der Waals surface area (Å²) in [4.78, 5) is 27.0. The first-order valence-electron chi connectivity index (χ1n) is 10.3. The molecule has 5 heteroatoms. The van der Waals surface area contributed by atoms with Crippen LogP contribution in [0.5, 0.6) is 0 Å². The number of hydrogen-bond acceptors (Lipinski definition) is 3. The number of rotatable bonds is 6. The third-order valence-electron chi connectivity index (χ3n) is 5.49. The molecule has 1 amide bonds. The molecule has 0 atom stereocenters. The van der Waals surface area contributed by atoms with Crippen LogP contribution in [-0.2, 0) is 11.3 Å². The second kappa shape index (κ2) is 9.35. The Bertz CT molecular complexity index is 1020. The molecule has 2 heterocycles. The van der Waals surface area contributed by atoms with E-state index in [0.717, 1.165) is 11.1 Å². The van der Waals surface area contributed by atoms with Crippen molar-refractivity contribution in [2.45, 2.75) is 19.4 Å². The molecule has 0 N–H and O–H groups in total. The zero-order valence-electron chi connectivity index (χ0n) is 16.9. The molecule has 0 saturated carbocycles. The Morgan fingerprint density at radius 2 is 1.63 bits per heavy atom. The Kier molecular flexibility index (Phi) is 6.18. The fourth-order valence-corrected chi connectivity index (χ4v) is 3.80. The maximum absolute atomic E-state index is 12.6. The van der Waals surface area contributed by atoms with Crippen LogP contribution >= 0.6 is 0 Å². The number of benzene rings is 2. The molecule has 1 aliphatic heterocycles. The number of aromatic nitrogens is 2. The van der Waals surface area contributed by atoms with Crippen molar-refractivity contribution in [2.75, 3.05) is 13.1 Å². The minimum absolute atomic E-state index is 0.00310. The molecule has 1 saturated heterocycles. The van der Waals surface area contributed by atoms with Gasteiger partial charge in [0.2, 0.25) is 5.91 Å². The summed E-state index contributed by atoms with van der Waals surface area (Å²) in [6.45, 7) is 1.92. The number of Topliss-reactive ketones (excluding diaryl/α,β-unsaturated/α-hetero) is 1. The molecule has 1 fully saturated rings. The summed E-state index contributed by atoms with van der Waals surface area (Å²) < 4.78 is 1.86. The van der Waals surface area contributed by atoms with Gasteiger partial charge in [-0.05, 0) is 24.5 Å². The lowest BCUT2D eigenvalue weighted by atomic mass is 9.89. The summed E-state index contributed by atoms with van der Waals surface area (Å²) in [7, 11) is 0. The number of carbonyl (C=O) groups excluding carboxylic acids is 2. The predicted molar refractivity (Wildman–Crippen MR) is 117 cm³/mol. The SMILES string of the molecule is O=C(c1ccccc1)C1CCN(C(=O)/C=C/c2cnn(Cc3ccccc3)c2)CC1. The highest BCUT2D eigenvalue weighted by Gasteiger charge is 2.27. The van der Waals surface area contributed by atoms with Crippen molar-refractivity contribution in [3.63, 3.8) is 0 Å². The zero-order valence-corrected chi connectivity index (χ0v) is 16.9. The van der Waals surface area contributed by atoms with Gasteiger partial charge in [0, 0.05) is 42.4 Å². The number of hydrogen-bond donors (Lipinski definition) is 0. The molecule has 4 rings (SSSR count). The Hall–Kier alpha value is -3.47. The number of nitrogens with zero attached hydrogens (tertiary/aromatic N) is 3. The average molecular weight is 399 g/mol. The van der Waals surface area contributed by atoms with Gasteiger partial charge in [-0.3, -0.25) is 14.3 Å². The maximum atomic E-state index is 12.6. The van der Waals surface area contributed by atoms with E-state index in [1.165, 1.54) is 5.56 Å². The van der Waals surface area contributed by atoms with Gasteiger partial charge in [-0.25, -0.2) is 0 Å². The summed E-state index contributed by atoms with van der Waals surface area (Å²) in [5, 5.41) is 4.36. The van der Waals surface area contributed by atoms with Crippen molar-refractivity contribution in [1.29, 1.82) is 0 Å². The third kappa shape index (κ3) is 4.92. The van der Waals surface area contributed by atoms with Crippen LogP contribution < -0.4 is 0 Å². The van der Waals surface area contributed by atoms with E-state index in [9.17, 15) is 9.59 Å². The number of amides is 1. The molecular formula is C25H25N3O2. The van der Waals surface area contributed by atoms with Crippen molar-refractivity contribution in [2.24, 2.45) is 5.92 Å². The van der Waals surface area contributed by atoms with Gasteiger partial charge < -0.3 is 4.90 Å². The van der Waals surface area contributed by atoms with Crippen molar-refractivity contribution in [1.82, 2.24) is 14.7 Å². The molecule has 0 bridgehead atoms. The van der Waals surface area contributed by atoms with Crippen LogP contribution in [0, 0.1) is 5.92 Å². The van der Waals surface area contributed by atoms with E-state index in [2.05, 4.69) is 17.2 Å². The molecule has 1 aliphatic rings. The van der Waals surface area contributed by atoms with Gasteiger partial charge in [0.25, 0.3) is 0 Å². The van der Waals surface area contributed by atoms with Crippen molar-refractivity contribution >= 4 is 17.8 Å². The van der Waals surface area contributed by atoms with E-state index in [4.69, 9.17) is 0 Å². The smallest absolute Gasteiger partial charge is 0.246 e.